The van der Waals surface area contributed by atoms with Gasteiger partial charge in [-0.2, -0.15) is 0 Å². The van der Waals surface area contributed by atoms with Gasteiger partial charge in [0.1, 0.15) is 0 Å². The van der Waals surface area contributed by atoms with Crippen molar-refractivity contribution in [1.29, 1.82) is 0 Å². The normalized spacial score (nSPS) is 12.5. The van der Waals surface area contributed by atoms with Gasteiger partial charge in [-0.1, -0.05) is 136 Å². The Bertz CT molecular complexity index is 375. The van der Waals surface area contributed by atoms with E-state index in [4.69, 9.17) is 5.11 Å². The van der Waals surface area contributed by atoms with Crippen LogP contribution < -0.4 is 0 Å². The lowest BCUT2D eigenvalue weighted by molar-refractivity contribution is -0.137. The third-order valence-electron chi connectivity index (χ3n) is 7.28. The average molecular weight is 468 g/mol. The Morgan fingerprint density at radius 3 is 1.21 bits per heavy atom. The average Bonchev–Trinajstić information content (AvgIpc) is 2.81. The van der Waals surface area contributed by atoms with E-state index in [-0.39, 0.29) is 0 Å². The molecule has 1 N–H and O–H groups in total. The molecule has 0 amide bonds. The fourth-order valence-electron chi connectivity index (χ4n) is 5.02. The van der Waals surface area contributed by atoms with Crippen LogP contribution in [0.15, 0.2) is 0 Å². The molecule has 0 aromatic heterocycles. The van der Waals surface area contributed by atoms with Crippen molar-refractivity contribution in [3.05, 3.63) is 0 Å². The third kappa shape index (κ3) is 23.0. The van der Waals surface area contributed by atoms with Crippen LogP contribution in [0.5, 0.6) is 0 Å². The highest BCUT2D eigenvalue weighted by molar-refractivity contribution is 5.66. The van der Waals surface area contributed by atoms with Gasteiger partial charge in [0.15, 0.2) is 0 Å². The fourth-order valence-corrected chi connectivity index (χ4v) is 5.02. The van der Waals surface area contributed by atoms with Crippen LogP contribution in [0.3, 0.4) is 0 Å². The van der Waals surface area contributed by atoms with Gasteiger partial charge in [0.25, 0.3) is 0 Å². The Labute approximate surface area is 208 Å². The first-order valence-electron chi connectivity index (χ1n) is 15.1. The Balaban J connectivity index is 4.05. The summed E-state index contributed by atoms with van der Waals surface area (Å²) in [5.74, 6) is -0.647. The predicted octanol–water partition coefficient (Wildman–Crippen LogP) is 9.77. The van der Waals surface area contributed by atoms with Crippen molar-refractivity contribution in [3.8, 4) is 0 Å². The molecule has 0 spiro atoms. The van der Waals surface area contributed by atoms with Gasteiger partial charge in [-0.05, 0) is 38.8 Å². The van der Waals surface area contributed by atoms with E-state index < -0.39 is 5.97 Å². The zero-order valence-electron chi connectivity index (χ0n) is 23.1. The minimum absolute atomic E-state index is 0.311. The van der Waals surface area contributed by atoms with Gasteiger partial charge < -0.3 is 10.0 Å². The van der Waals surface area contributed by atoms with Crippen molar-refractivity contribution < 1.29 is 9.90 Å². The van der Waals surface area contributed by atoms with E-state index in [9.17, 15) is 4.79 Å². The molecule has 198 valence electrons. The first-order chi connectivity index (χ1) is 16.2. The molecule has 0 heterocycles. The number of nitrogens with zero attached hydrogens (tertiary/aromatic N) is 1. The topological polar surface area (TPSA) is 40.5 Å². The molecule has 0 saturated carbocycles. The molecule has 33 heavy (non-hydrogen) atoms. The highest BCUT2D eigenvalue weighted by atomic mass is 16.4. The molecular weight excluding hydrogens is 406 g/mol. The Morgan fingerprint density at radius 2 is 0.909 bits per heavy atom. The standard InChI is InChI=1S/C30H61NO2/c1-4-7-9-11-13-15-17-19-21-23-27-31(29(6-3)25-26-30(32)33)28-24-22-20-18-16-14-12-10-8-5-2/h29H,4-28H2,1-3H3,(H,32,33). The number of hydrogen-bond acceptors (Lipinski definition) is 2. The van der Waals surface area contributed by atoms with Crippen molar-refractivity contribution in [2.24, 2.45) is 0 Å². The summed E-state index contributed by atoms with van der Waals surface area (Å²) >= 11 is 0. The number of carboxylic acids is 1. The van der Waals surface area contributed by atoms with E-state index in [0.29, 0.717) is 12.5 Å². The number of hydrogen-bond donors (Lipinski definition) is 1. The molecular formula is C30H61NO2. The second kappa shape index (κ2) is 26.0. The van der Waals surface area contributed by atoms with Crippen LogP contribution in [0.25, 0.3) is 0 Å². The maximum atomic E-state index is 11.1. The molecule has 1 atom stereocenters. The highest BCUT2D eigenvalue weighted by Gasteiger charge is 2.17. The Kier molecular flexibility index (Phi) is 25.6. The predicted molar refractivity (Wildman–Crippen MR) is 146 cm³/mol. The quantitative estimate of drug-likeness (QED) is 0.122. The molecule has 0 aliphatic rings. The first kappa shape index (κ1) is 32.4. The Hall–Kier alpha value is -0.570. The fraction of sp³-hybridized carbons (Fsp3) is 0.967. The van der Waals surface area contributed by atoms with Crippen molar-refractivity contribution in [2.75, 3.05) is 13.1 Å². The summed E-state index contributed by atoms with van der Waals surface area (Å²) in [6, 6.07) is 0.443. The lowest BCUT2D eigenvalue weighted by Gasteiger charge is -2.31. The number of unbranched alkanes of at least 4 members (excludes halogenated alkanes) is 18. The number of aliphatic carboxylic acids is 1. The Morgan fingerprint density at radius 1 is 0.576 bits per heavy atom. The van der Waals surface area contributed by atoms with Crippen LogP contribution in [0.2, 0.25) is 0 Å². The van der Waals surface area contributed by atoms with Crippen molar-refractivity contribution in [3.63, 3.8) is 0 Å². The van der Waals surface area contributed by atoms with Crippen molar-refractivity contribution in [1.82, 2.24) is 4.90 Å². The summed E-state index contributed by atoms with van der Waals surface area (Å²) < 4.78 is 0. The summed E-state index contributed by atoms with van der Waals surface area (Å²) in [7, 11) is 0. The number of rotatable bonds is 27. The van der Waals surface area contributed by atoms with Gasteiger partial charge in [0, 0.05) is 12.5 Å². The lowest BCUT2D eigenvalue weighted by Crippen LogP contribution is -2.37. The largest absolute Gasteiger partial charge is 0.481 e. The lowest BCUT2D eigenvalue weighted by atomic mass is 10.0. The minimum atomic E-state index is -0.647. The van der Waals surface area contributed by atoms with Gasteiger partial charge in [0.05, 0.1) is 0 Å². The van der Waals surface area contributed by atoms with Crippen molar-refractivity contribution >= 4 is 5.97 Å². The van der Waals surface area contributed by atoms with Crippen molar-refractivity contribution in [2.45, 2.75) is 174 Å². The van der Waals surface area contributed by atoms with Crippen LogP contribution in [-0.2, 0) is 4.79 Å². The summed E-state index contributed by atoms with van der Waals surface area (Å²) in [5.41, 5.74) is 0. The molecule has 0 fully saturated rings. The first-order valence-corrected chi connectivity index (χ1v) is 15.1. The number of carboxylic acid groups (broad SMARTS) is 1. The van der Waals surface area contributed by atoms with Gasteiger partial charge in [-0.25, -0.2) is 0 Å². The smallest absolute Gasteiger partial charge is 0.303 e. The number of carbonyl (C=O) groups is 1. The van der Waals surface area contributed by atoms with Crippen LogP contribution in [-0.4, -0.2) is 35.1 Å². The van der Waals surface area contributed by atoms with Crippen LogP contribution in [0.4, 0.5) is 0 Å². The monoisotopic (exact) mass is 467 g/mol. The molecule has 0 aromatic rings. The van der Waals surface area contributed by atoms with E-state index in [1.807, 2.05) is 0 Å². The molecule has 3 heteroatoms. The van der Waals surface area contributed by atoms with Crippen LogP contribution >= 0.6 is 0 Å². The molecule has 0 radical (unpaired) electrons. The second-order valence-electron chi connectivity index (χ2n) is 10.4. The van der Waals surface area contributed by atoms with Gasteiger partial charge in [-0.3, -0.25) is 4.79 Å². The van der Waals surface area contributed by atoms with Gasteiger partial charge in [-0.15, -0.1) is 0 Å². The summed E-state index contributed by atoms with van der Waals surface area (Å²) in [6.07, 6.45) is 29.7. The summed E-state index contributed by atoms with van der Waals surface area (Å²) in [4.78, 5) is 13.7. The highest BCUT2D eigenvalue weighted by Crippen LogP contribution is 2.17. The molecule has 0 aliphatic carbocycles. The molecule has 0 aliphatic heterocycles. The molecule has 0 rings (SSSR count). The molecule has 1 unspecified atom stereocenters. The van der Waals surface area contributed by atoms with Gasteiger partial charge in [0.2, 0.25) is 0 Å². The summed E-state index contributed by atoms with van der Waals surface area (Å²) in [5, 5.41) is 9.15. The van der Waals surface area contributed by atoms with E-state index in [1.54, 1.807) is 0 Å². The zero-order chi connectivity index (χ0) is 24.4. The summed E-state index contributed by atoms with van der Waals surface area (Å²) in [6.45, 7) is 9.11. The van der Waals surface area contributed by atoms with Crippen LogP contribution in [0.1, 0.15) is 168 Å². The van der Waals surface area contributed by atoms with E-state index in [2.05, 4.69) is 25.7 Å². The van der Waals surface area contributed by atoms with E-state index in [1.165, 1.54) is 128 Å². The van der Waals surface area contributed by atoms with E-state index in [0.717, 1.165) is 25.9 Å². The zero-order valence-corrected chi connectivity index (χ0v) is 23.1. The molecule has 0 bridgehead atoms. The molecule has 0 saturated heterocycles. The maximum absolute atomic E-state index is 11.1. The SMILES string of the molecule is CCCCCCCCCCCCN(CCCCCCCCCCCC)C(CC)CCC(=O)O. The van der Waals surface area contributed by atoms with Gasteiger partial charge >= 0.3 is 5.97 Å². The second-order valence-corrected chi connectivity index (χ2v) is 10.4. The van der Waals surface area contributed by atoms with Crippen LogP contribution in [0, 0.1) is 0 Å². The third-order valence-corrected chi connectivity index (χ3v) is 7.28. The molecule has 3 nitrogen and oxygen atoms in total. The maximum Gasteiger partial charge on any atom is 0.303 e. The minimum Gasteiger partial charge on any atom is -0.481 e. The molecule has 0 aromatic carbocycles. The van der Waals surface area contributed by atoms with E-state index >= 15 is 0 Å².